The zero-order chi connectivity index (χ0) is 14.8. The Kier molecular flexibility index (Phi) is 3.66. The quantitative estimate of drug-likeness (QED) is 0.514. The average Bonchev–Trinajstić information content (AvgIpc) is 2.94. The van der Waals surface area contributed by atoms with Crippen LogP contribution in [0.3, 0.4) is 0 Å². The molecule has 1 aromatic heterocycles. The Bertz CT molecular complexity index is 650. The smallest absolute Gasteiger partial charge is 0.268 e. The van der Waals surface area contributed by atoms with Crippen LogP contribution in [-0.2, 0) is 13.0 Å². The van der Waals surface area contributed by atoms with Crippen LogP contribution in [0.4, 0.5) is 5.69 Å². The Morgan fingerprint density at radius 2 is 2.24 bits per heavy atom. The number of furan rings is 1. The molecular weight excluding hydrogens is 266 g/mol. The third-order valence-electron chi connectivity index (χ3n) is 3.89. The predicted octanol–water partition coefficient (Wildman–Crippen LogP) is 2.08. The molecule has 1 aromatic carbocycles. The number of hydrazine groups is 1. The van der Waals surface area contributed by atoms with Crippen molar-refractivity contribution in [3.63, 3.8) is 0 Å². The lowest BCUT2D eigenvalue weighted by Crippen LogP contribution is -2.35. The summed E-state index contributed by atoms with van der Waals surface area (Å²) in [7, 11) is 0. The van der Waals surface area contributed by atoms with Crippen molar-refractivity contribution in [3.8, 4) is 0 Å². The average molecular weight is 285 g/mol. The summed E-state index contributed by atoms with van der Waals surface area (Å²) in [6, 6.07) is 10.0. The molecule has 0 spiro atoms. The maximum atomic E-state index is 11.7. The molecule has 2 heterocycles. The molecule has 0 aliphatic carbocycles. The van der Waals surface area contributed by atoms with Crippen molar-refractivity contribution < 1.29 is 9.21 Å². The van der Waals surface area contributed by atoms with Gasteiger partial charge in [0.05, 0.1) is 18.4 Å². The van der Waals surface area contributed by atoms with Crippen LogP contribution >= 0.6 is 0 Å². The van der Waals surface area contributed by atoms with Crippen LogP contribution in [0.15, 0.2) is 41.0 Å². The Balaban J connectivity index is 1.89. The molecule has 5 heteroatoms. The Labute approximate surface area is 123 Å². The summed E-state index contributed by atoms with van der Waals surface area (Å²) >= 11 is 0. The first-order valence-corrected chi connectivity index (χ1v) is 7.09. The van der Waals surface area contributed by atoms with E-state index in [-0.39, 0.29) is 5.91 Å². The lowest BCUT2D eigenvalue weighted by atomic mass is 9.94. The summed E-state index contributed by atoms with van der Waals surface area (Å²) in [6.07, 6.45) is 2.61. The van der Waals surface area contributed by atoms with Gasteiger partial charge in [0.15, 0.2) is 0 Å². The minimum absolute atomic E-state index is 0.322. The first-order chi connectivity index (χ1) is 10.2. The molecule has 110 valence electrons. The Morgan fingerprint density at radius 3 is 3.05 bits per heavy atom. The summed E-state index contributed by atoms with van der Waals surface area (Å²) in [5.74, 6) is 6.10. The number of nitrogens with zero attached hydrogens (tertiary/aromatic N) is 1. The van der Waals surface area contributed by atoms with Crippen molar-refractivity contribution in [3.05, 3.63) is 53.5 Å². The van der Waals surface area contributed by atoms with Crippen molar-refractivity contribution in [1.82, 2.24) is 5.43 Å². The van der Waals surface area contributed by atoms with Gasteiger partial charge in [-0.05, 0) is 30.0 Å². The molecule has 2 aromatic rings. The molecule has 1 unspecified atom stereocenters. The van der Waals surface area contributed by atoms with Gasteiger partial charge in [-0.1, -0.05) is 25.1 Å². The van der Waals surface area contributed by atoms with Crippen LogP contribution in [0.1, 0.15) is 28.6 Å². The second-order valence-corrected chi connectivity index (χ2v) is 5.55. The summed E-state index contributed by atoms with van der Waals surface area (Å²) in [6.45, 7) is 3.75. The van der Waals surface area contributed by atoms with Gasteiger partial charge in [-0.15, -0.1) is 0 Å². The summed E-state index contributed by atoms with van der Waals surface area (Å²) in [5.41, 5.74) is 5.20. The summed E-state index contributed by atoms with van der Waals surface area (Å²) < 4.78 is 5.48. The van der Waals surface area contributed by atoms with Gasteiger partial charge in [0.2, 0.25) is 0 Å². The predicted molar refractivity (Wildman–Crippen MR) is 80.7 cm³/mol. The van der Waals surface area contributed by atoms with E-state index in [2.05, 4.69) is 35.4 Å². The molecule has 0 saturated carbocycles. The van der Waals surface area contributed by atoms with Crippen LogP contribution in [0.2, 0.25) is 0 Å². The van der Waals surface area contributed by atoms with Crippen molar-refractivity contribution >= 4 is 11.6 Å². The number of nitrogen functional groups attached to an aromatic ring is 1. The van der Waals surface area contributed by atoms with Crippen LogP contribution in [0.5, 0.6) is 0 Å². The molecule has 3 N–H and O–H groups in total. The van der Waals surface area contributed by atoms with Crippen LogP contribution in [0.25, 0.3) is 0 Å². The highest BCUT2D eigenvalue weighted by atomic mass is 16.3. The molecule has 3 rings (SSSR count). The van der Waals surface area contributed by atoms with E-state index in [9.17, 15) is 4.79 Å². The molecule has 5 nitrogen and oxygen atoms in total. The highest BCUT2D eigenvalue weighted by molar-refractivity contribution is 5.94. The Morgan fingerprint density at radius 1 is 1.43 bits per heavy atom. The lowest BCUT2D eigenvalue weighted by Gasteiger charge is -2.34. The van der Waals surface area contributed by atoms with Gasteiger partial charge >= 0.3 is 0 Å². The largest absolute Gasteiger partial charge is 0.467 e. The number of carbonyl (C=O) groups is 1. The second-order valence-electron chi connectivity index (χ2n) is 5.55. The fraction of sp³-hybridized carbons (Fsp3) is 0.312. The van der Waals surface area contributed by atoms with Gasteiger partial charge in [0.1, 0.15) is 5.76 Å². The minimum atomic E-state index is -0.322. The van der Waals surface area contributed by atoms with E-state index in [4.69, 9.17) is 10.3 Å². The molecular formula is C16H19N3O2. The standard InChI is InChI=1S/C16H19N3O2/c1-11-8-12-4-2-3-5-14(12)19(9-11)10-15-13(6-7-21-15)16(20)18-17/h2-7,11H,8-10,17H2,1H3,(H,18,20). The van der Waals surface area contributed by atoms with E-state index in [0.717, 1.165) is 13.0 Å². The number of rotatable bonds is 3. The van der Waals surface area contributed by atoms with Crippen LogP contribution in [0, 0.1) is 5.92 Å². The van der Waals surface area contributed by atoms with Crippen molar-refractivity contribution in [2.75, 3.05) is 11.4 Å². The number of nitrogens with two attached hydrogens (primary N) is 1. The molecule has 0 bridgehead atoms. The van der Waals surface area contributed by atoms with Gasteiger partial charge in [-0.25, -0.2) is 5.84 Å². The zero-order valence-corrected chi connectivity index (χ0v) is 12.0. The van der Waals surface area contributed by atoms with Crippen LogP contribution in [-0.4, -0.2) is 12.5 Å². The summed E-state index contributed by atoms with van der Waals surface area (Å²) in [4.78, 5) is 14.0. The number of anilines is 1. The van der Waals surface area contributed by atoms with E-state index in [0.29, 0.717) is 23.8 Å². The first-order valence-electron chi connectivity index (χ1n) is 7.09. The molecule has 0 saturated heterocycles. The molecule has 1 aliphatic rings. The highest BCUT2D eigenvalue weighted by Crippen LogP contribution is 2.31. The molecule has 1 aliphatic heterocycles. The van der Waals surface area contributed by atoms with Crippen LogP contribution < -0.4 is 16.2 Å². The van der Waals surface area contributed by atoms with Crippen molar-refractivity contribution in [2.24, 2.45) is 11.8 Å². The number of para-hydroxylation sites is 1. The van der Waals surface area contributed by atoms with Gasteiger partial charge in [0.25, 0.3) is 5.91 Å². The maximum Gasteiger partial charge on any atom is 0.268 e. The number of nitrogens with one attached hydrogen (secondary N) is 1. The third-order valence-corrected chi connectivity index (χ3v) is 3.89. The monoisotopic (exact) mass is 285 g/mol. The maximum absolute atomic E-state index is 11.7. The van der Waals surface area contributed by atoms with E-state index in [1.807, 2.05) is 6.07 Å². The molecule has 1 atom stereocenters. The van der Waals surface area contributed by atoms with E-state index in [1.165, 1.54) is 17.5 Å². The molecule has 21 heavy (non-hydrogen) atoms. The molecule has 1 amide bonds. The number of hydrogen-bond donors (Lipinski definition) is 2. The fourth-order valence-electron chi connectivity index (χ4n) is 2.97. The normalized spacial score (nSPS) is 17.4. The van der Waals surface area contributed by atoms with E-state index in [1.54, 1.807) is 6.07 Å². The Hall–Kier alpha value is -2.27. The van der Waals surface area contributed by atoms with Gasteiger partial charge in [-0.2, -0.15) is 0 Å². The first kappa shape index (κ1) is 13.7. The number of carbonyl (C=O) groups excluding carboxylic acids is 1. The molecule has 0 radical (unpaired) electrons. The third kappa shape index (κ3) is 2.64. The fourth-order valence-corrected chi connectivity index (χ4v) is 2.97. The minimum Gasteiger partial charge on any atom is -0.467 e. The highest BCUT2D eigenvalue weighted by Gasteiger charge is 2.24. The number of fused-ring (bicyclic) bond motifs is 1. The van der Waals surface area contributed by atoms with Gasteiger partial charge < -0.3 is 9.32 Å². The topological polar surface area (TPSA) is 71.5 Å². The van der Waals surface area contributed by atoms with E-state index >= 15 is 0 Å². The number of benzene rings is 1. The summed E-state index contributed by atoms with van der Waals surface area (Å²) in [5, 5.41) is 0. The SMILES string of the molecule is CC1Cc2ccccc2N(Cc2occc2C(=O)NN)C1. The lowest BCUT2D eigenvalue weighted by molar-refractivity contribution is 0.0951. The number of amides is 1. The number of hydrogen-bond acceptors (Lipinski definition) is 4. The molecule has 0 fully saturated rings. The van der Waals surface area contributed by atoms with E-state index < -0.39 is 0 Å². The zero-order valence-electron chi connectivity index (χ0n) is 12.0. The van der Waals surface area contributed by atoms with Gasteiger partial charge in [0, 0.05) is 12.2 Å². The van der Waals surface area contributed by atoms with Gasteiger partial charge in [-0.3, -0.25) is 10.2 Å². The second kappa shape index (κ2) is 5.61. The van der Waals surface area contributed by atoms with Crippen molar-refractivity contribution in [2.45, 2.75) is 19.9 Å². The van der Waals surface area contributed by atoms with Crippen molar-refractivity contribution in [1.29, 1.82) is 0 Å².